The molecule has 2 saturated heterocycles. The highest BCUT2D eigenvalue weighted by molar-refractivity contribution is 7.09. The van der Waals surface area contributed by atoms with Gasteiger partial charge >= 0.3 is 0 Å². The van der Waals surface area contributed by atoms with Crippen LogP contribution in [0.3, 0.4) is 0 Å². The van der Waals surface area contributed by atoms with E-state index in [1.807, 2.05) is 6.07 Å². The van der Waals surface area contributed by atoms with Gasteiger partial charge in [0.1, 0.15) is 5.82 Å². The van der Waals surface area contributed by atoms with Gasteiger partial charge in [0.05, 0.1) is 0 Å². The van der Waals surface area contributed by atoms with E-state index in [-0.39, 0.29) is 17.1 Å². The maximum Gasteiger partial charge on any atom is 0.227 e. The summed E-state index contributed by atoms with van der Waals surface area (Å²) in [4.78, 5) is 18.0. The zero-order chi connectivity index (χ0) is 15.9. The number of likely N-dealkylation sites (tertiary alicyclic amines) is 1. The number of halogens is 1. The Kier molecular flexibility index (Phi) is 3.70. The minimum atomic E-state index is -0.290. The van der Waals surface area contributed by atoms with Crippen LogP contribution < -0.4 is 4.90 Å². The molecule has 5 heteroatoms. The van der Waals surface area contributed by atoms with Gasteiger partial charge in [0.25, 0.3) is 0 Å². The second-order valence-electron chi connectivity index (χ2n) is 6.68. The number of carbonyl (C=O) groups is 1. The predicted octanol–water partition coefficient (Wildman–Crippen LogP) is 3.52. The highest BCUT2D eigenvalue weighted by atomic mass is 32.1. The molecular weight excluding hydrogens is 311 g/mol. The molecule has 120 valence electrons. The predicted molar refractivity (Wildman–Crippen MR) is 90.0 cm³/mol. The summed E-state index contributed by atoms with van der Waals surface area (Å²) in [6.07, 6.45) is 1.61. The Morgan fingerprint density at radius 2 is 2.13 bits per heavy atom. The summed E-state index contributed by atoms with van der Waals surface area (Å²) < 4.78 is 13.4. The first-order chi connectivity index (χ1) is 11.1. The monoisotopic (exact) mass is 330 g/mol. The number of hydrogen-bond donors (Lipinski definition) is 0. The molecule has 4 rings (SSSR count). The number of anilines is 1. The largest absolute Gasteiger partial charge is 0.312 e. The maximum atomic E-state index is 13.4. The molecule has 1 aromatic heterocycles. The zero-order valence-corrected chi connectivity index (χ0v) is 13.7. The molecule has 0 bridgehead atoms. The molecule has 2 aliphatic rings. The number of benzene rings is 1. The number of amides is 1. The maximum absolute atomic E-state index is 13.4. The van der Waals surface area contributed by atoms with Crippen LogP contribution in [0.25, 0.3) is 0 Å². The van der Waals surface area contributed by atoms with Crippen molar-refractivity contribution in [1.82, 2.24) is 4.90 Å². The number of carbonyl (C=O) groups excluding carboxylic acids is 1. The van der Waals surface area contributed by atoms with Crippen LogP contribution in [0.15, 0.2) is 41.8 Å². The van der Waals surface area contributed by atoms with Crippen molar-refractivity contribution in [2.75, 3.05) is 24.5 Å². The van der Waals surface area contributed by atoms with Gasteiger partial charge in [-0.25, -0.2) is 4.39 Å². The van der Waals surface area contributed by atoms with E-state index in [1.165, 1.54) is 17.0 Å². The summed E-state index contributed by atoms with van der Waals surface area (Å²) in [5.41, 5.74) is 0.712. The Hall–Kier alpha value is -1.72. The summed E-state index contributed by atoms with van der Waals surface area (Å²) in [5, 5.41) is 2.10. The summed E-state index contributed by atoms with van der Waals surface area (Å²) in [7, 11) is 0. The molecule has 0 N–H and O–H groups in total. The van der Waals surface area contributed by atoms with Crippen molar-refractivity contribution in [2.24, 2.45) is 5.41 Å². The molecule has 0 radical (unpaired) electrons. The van der Waals surface area contributed by atoms with Crippen LogP contribution in [-0.2, 0) is 11.3 Å². The first kappa shape index (κ1) is 14.8. The minimum Gasteiger partial charge on any atom is -0.312 e. The van der Waals surface area contributed by atoms with Crippen molar-refractivity contribution in [3.05, 3.63) is 52.5 Å². The molecule has 1 spiro atoms. The fourth-order valence-electron chi connectivity index (χ4n) is 3.83. The standard InChI is InChI=1S/C18H19FN2OS/c19-14-3-1-4-15(9-14)21-13-18(10-17(21)22)6-7-20(12-18)11-16-5-2-8-23-16/h1-5,8-9H,6-7,10-13H2/t18-/m1/s1. The molecule has 23 heavy (non-hydrogen) atoms. The Labute approximate surface area is 139 Å². The molecule has 2 aliphatic heterocycles. The molecule has 1 atom stereocenters. The Balaban J connectivity index is 1.48. The minimum absolute atomic E-state index is 0.0284. The highest BCUT2D eigenvalue weighted by Crippen LogP contribution is 2.42. The molecule has 0 unspecified atom stereocenters. The fraction of sp³-hybridized carbons (Fsp3) is 0.389. The van der Waals surface area contributed by atoms with Crippen LogP contribution in [0.4, 0.5) is 10.1 Å². The van der Waals surface area contributed by atoms with Gasteiger partial charge < -0.3 is 4.90 Å². The van der Waals surface area contributed by atoms with Crippen molar-refractivity contribution in [2.45, 2.75) is 19.4 Å². The number of nitrogens with zero attached hydrogens (tertiary/aromatic N) is 2. The SMILES string of the molecule is O=C1C[C@@]2(CCN(Cc3cccs3)C2)CN1c1cccc(F)c1. The highest BCUT2D eigenvalue weighted by Gasteiger charge is 2.47. The van der Waals surface area contributed by atoms with E-state index in [1.54, 1.807) is 22.3 Å². The lowest BCUT2D eigenvalue weighted by molar-refractivity contribution is -0.117. The lowest BCUT2D eigenvalue weighted by Crippen LogP contribution is -2.31. The van der Waals surface area contributed by atoms with Crippen LogP contribution in [-0.4, -0.2) is 30.4 Å². The first-order valence-corrected chi connectivity index (χ1v) is 8.82. The Bertz CT molecular complexity index is 718. The van der Waals surface area contributed by atoms with Crippen molar-refractivity contribution in [1.29, 1.82) is 0 Å². The van der Waals surface area contributed by atoms with Crippen LogP contribution in [0.2, 0.25) is 0 Å². The number of rotatable bonds is 3. The van der Waals surface area contributed by atoms with Crippen molar-refractivity contribution in [3.63, 3.8) is 0 Å². The van der Waals surface area contributed by atoms with Crippen molar-refractivity contribution >= 4 is 22.9 Å². The van der Waals surface area contributed by atoms with Gasteiger partial charge in [-0.15, -0.1) is 11.3 Å². The van der Waals surface area contributed by atoms with Crippen molar-refractivity contribution in [3.8, 4) is 0 Å². The third-order valence-corrected chi connectivity index (χ3v) is 5.78. The van der Waals surface area contributed by atoms with Gasteiger partial charge in [0.15, 0.2) is 0 Å². The van der Waals surface area contributed by atoms with Gasteiger partial charge in [-0.2, -0.15) is 0 Å². The third-order valence-electron chi connectivity index (χ3n) is 4.92. The zero-order valence-electron chi connectivity index (χ0n) is 12.9. The second-order valence-corrected chi connectivity index (χ2v) is 7.71. The van der Waals surface area contributed by atoms with Gasteiger partial charge in [-0.1, -0.05) is 12.1 Å². The van der Waals surface area contributed by atoms with Crippen molar-refractivity contribution < 1.29 is 9.18 Å². The summed E-state index contributed by atoms with van der Waals surface area (Å²) >= 11 is 1.78. The molecule has 3 nitrogen and oxygen atoms in total. The van der Waals surface area contributed by atoms with Crippen LogP contribution in [0.1, 0.15) is 17.7 Å². The molecule has 3 heterocycles. The lowest BCUT2D eigenvalue weighted by Gasteiger charge is -2.24. The molecule has 2 fully saturated rings. The van der Waals surface area contributed by atoms with Gasteiger partial charge in [0.2, 0.25) is 5.91 Å². The molecule has 1 amide bonds. The second kappa shape index (κ2) is 5.73. The van der Waals surface area contributed by atoms with Gasteiger partial charge in [-0.3, -0.25) is 9.69 Å². The normalized spacial score (nSPS) is 24.9. The molecule has 2 aromatic rings. The molecule has 1 aromatic carbocycles. The van der Waals surface area contributed by atoms with E-state index >= 15 is 0 Å². The topological polar surface area (TPSA) is 23.6 Å². The van der Waals surface area contributed by atoms with E-state index in [9.17, 15) is 9.18 Å². The summed E-state index contributed by atoms with van der Waals surface area (Å²) in [5.74, 6) is -0.171. The van der Waals surface area contributed by atoms with Crippen LogP contribution in [0.5, 0.6) is 0 Å². The van der Waals surface area contributed by atoms with E-state index in [0.29, 0.717) is 18.7 Å². The van der Waals surface area contributed by atoms with E-state index in [2.05, 4.69) is 22.4 Å². The number of hydrogen-bond acceptors (Lipinski definition) is 3. The molecule has 0 aliphatic carbocycles. The molecule has 0 saturated carbocycles. The molecular formula is C18H19FN2OS. The van der Waals surface area contributed by atoms with E-state index in [0.717, 1.165) is 26.1 Å². The third kappa shape index (κ3) is 2.91. The van der Waals surface area contributed by atoms with Gasteiger partial charge in [-0.05, 0) is 42.6 Å². The smallest absolute Gasteiger partial charge is 0.227 e. The quantitative estimate of drug-likeness (QED) is 0.860. The number of thiophene rings is 1. The van der Waals surface area contributed by atoms with Crippen LogP contribution in [0, 0.1) is 11.2 Å². The summed E-state index contributed by atoms with van der Waals surface area (Å²) in [6.45, 7) is 3.65. The average molecular weight is 330 g/mol. The Morgan fingerprint density at radius 1 is 1.22 bits per heavy atom. The van der Waals surface area contributed by atoms with Crippen LogP contribution >= 0.6 is 11.3 Å². The van der Waals surface area contributed by atoms with E-state index in [4.69, 9.17) is 0 Å². The lowest BCUT2D eigenvalue weighted by atomic mass is 9.86. The summed E-state index contributed by atoms with van der Waals surface area (Å²) in [6, 6.07) is 10.6. The van der Waals surface area contributed by atoms with Gasteiger partial charge in [0, 0.05) is 42.0 Å². The fourth-order valence-corrected chi connectivity index (χ4v) is 4.58. The first-order valence-electron chi connectivity index (χ1n) is 7.94. The average Bonchev–Trinajstić information content (AvgIpc) is 3.22. The van der Waals surface area contributed by atoms with E-state index < -0.39 is 0 Å². The Morgan fingerprint density at radius 3 is 2.91 bits per heavy atom.